The lowest BCUT2D eigenvalue weighted by molar-refractivity contribution is -0.137. The van der Waals surface area contributed by atoms with Crippen LogP contribution in [-0.4, -0.2) is 36.4 Å². The number of anilines is 1. The molecule has 0 unspecified atom stereocenters. The first-order valence-electron chi connectivity index (χ1n) is 9.39. The SMILES string of the molecule is Cc1cccc(C)c1OCC(=O)N1CCC2(CC1)C(=O)Nc1ccccc12. The molecule has 0 saturated carbocycles. The second-order valence-electron chi connectivity index (χ2n) is 7.47. The Labute approximate surface area is 159 Å². The van der Waals surface area contributed by atoms with E-state index in [1.54, 1.807) is 0 Å². The molecule has 0 aliphatic carbocycles. The predicted molar refractivity (Wildman–Crippen MR) is 104 cm³/mol. The maximum atomic E-state index is 12.6. The Kier molecular flexibility index (Phi) is 4.38. The third kappa shape index (κ3) is 2.97. The van der Waals surface area contributed by atoms with Crippen LogP contribution in [0.3, 0.4) is 0 Å². The summed E-state index contributed by atoms with van der Waals surface area (Å²) < 4.78 is 5.81. The number of amides is 2. The van der Waals surface area contributed by atoms with Gasteiger partial charge in [0, 0.05) is 18.8 Å². The summed E-state index contributed by atoms with van der Waals surface area (Å²) in [6.45, 7) is 5.12. The van der Waals surface area contributed by atoms with Gasteiger partial charge in [-0.05, 0) is 49.4 Å². The number of nitrogens with zero attached hydrogens (tertiary/aromatic N) is 1. The van der Waals surface area contributed by atoms with Crippen LogP contribution >= 0.6 is 0 Å². The van der Waals surface area contributed by atoms with Gasteiger partial charge in [-0.1, -0.05) is 36.4 Å². The number of ether oxygens (including phenoxy) is 1. The first-order valence-corrected chi connectivity index (χ1v) is 9.39. The normalized spacial score (nSPS) is 17.6. The molecule has 2 heterocycles. The molecular formula is C22H24N2O3. The molecule has 4 rings (SSSR count). The Hall–Kier alpha value is -2.82. The molecule has 5 heteroatoms. The monoisotopic (exact) mass is 364 g/mol. The second-order valence-corrected chi connectivity index (χ2v) is 7.47. The quantitative estimate of drug-likeness (QED) is 0.910. The van der Waals surface area contributed by atoms with Crippen LogP contribution in [0.4, 0.5) is 5.69 Å². The largest absolute Gasteiger partial charge is 0.483 e. The van der Waals surface area contributed by atoms with Crippen molar-refractivity contribution >= 4 is 17.5 Å². The summed E-state index contributed by atoms with van der Waals surface area (Å²) in [5.41, 5.74) is 3.52. The second kappa shape index (κ2) is 6.72. The summed E-state index contributed by atoms with van der Waals surface area (Å²) in [5.74, 6) is 0.810. The Balaban J connectivity index is 1.41. The molecule has 0 radical (unpaired) electrons. The van der Waals surface area contributed by atoms with Crippen molar-refractivity contribution < 1.29 is 14.3 Å². The van der Waals surface area contributed by atoms with E-state index in [1.807, 2.05) is 61.2 Å². The molecule has 1 saturated heterocycles. The molecule has 2 aromatic carbocycles. The molecule has 1 N–H and O–H groups in total. The maximum absolute atomic E-state index is 12.6. The minimum atomic E-state index is -0.499. The molecular weight excluding hydrogens is 340 g/mol. The van der Waals surface area contributed by atoms with E-state index in [4.69, 9.17) is 4.74 Å². The van der Waals surface area contributed by atoms with Crippen molar-refractivity contribution in [2.75, 3.05) is 25.0 Å². The molecule has 2 amide bonds. The first kappa shape index (κ1) is 17.6. The van der Waals surface area contributed by atoms with E-state index in [0.29, 0.717) is 25.9 Å². The van der Waals surface area contributed by atoms with Gasteiger partial charge in [0.1, 0.15) is 5.75 Å². The van der Waals surface area contributed by atoms with Crippen molar-refractivity contribution in [3.05, 3.63) is 59.2 Å². The van der Waals surface area contributed by atoms with Crippen LogP contribution in [0.1, 0.15) is 29.5 Å². The number of hydrogen-bond acceptors (Lipinski definition) is 3. The minimum Gasteiger partial charge on any atom is -0.483 e. The van der Waals surface area contributed by atoms with Crippen molar-refractivity contribution in [3.8, 4) is 5.75 Å². The van der Waals surface area contributed by atoms with Gasteiger partial charge >= 0.3 is 0 Å². The van der Waals surface area contributed by atoms with Gasteiger partial charge in [0.15, 0.2) is 6.61 Å². The van der Waals surface area contributed by atoms with Gasteiger partial charge < -0.3 is 15.0 Å². The molecule has 140 valence electrons. The summed E-state index contributed by atoms with van der Waals surface area (Å²) in [4.78, 5) is 27.1. The van der Waals surface area contributed by atoms with Gasteiger partial charge in [-0.25, -0.2) is 0 Å². The molecule has 27 heavy (non-hydrogen) atoms. The van der Waals surface area contributed by atoms with Gasteiger partial charge in [0.2, 0.25) is 5.91 Å². The highest BCUT2D eigenvalue weighted by Crippen LogP contribution is 2.44. The third-order valence-corrected chi connectivity index (χ3v) is 5.84. The zero-order valence-electron chi connectivity index (χ0n) is 15.7. The summed E-state index contributed by atoms with van der Waals surface area (Å²) >= 11 is 0. The van der Waals surface area contributed by atoms with Crippen LogP contribution in [0.5, 0.6) is 5.75 Å². The number of fused-ring (bicyclic) bond motifs is 2. The van der Waals surface area contributed by atoms with Gasteiger partial charge in [-0.15, -0.1) is 0 Å². The standard InChI is InChI=1S/C22H24N2O3/c1-15-6-5-7-16(2)20(15)27-14-19(25)24-12-10-22(11-13-24)17-8-3-4-9-18(17)23-21(22)26/h3-9H,10-14H2,1-2H3,(H,23,26). The van der Waals surface area contributed by atoms with Crippen LogP contribution in [-0.2, 0) is 15.0 Å². The Morgan fingerprint density at radius 2 is 1.74 bits per heavy atom. The van der Waals surface area contributed by atoms with Gasteiger partial charge in [-0.3, -0.25) is 9.59 Å². The fourth-order valence-corrected chi connectivity index (χ4v) is 4.26. The lowest BCUT2D eigenvalue weighted by Gasteiger charge is -2.38. The number of likely N-dealkylation sites (tertiary alicyclic amines) is 1. The highest BCUT2D eigenvalue weighted by Gasteiger charge is 2.48. The molecule has 1 fully saturated rings. The smallest absolute Gasteiger partial charge is 0.260 e. The summed E-state index contributed by atoms with van der Waals surface area (Å²) in [6, 6.07) is 13.8. The number of carbonyl (C=O) groups is 2. The fraction of sp³-hybridized carbons (Fsp3) is 0.364. The van der Waals surface area contributed by atoms with Crippen molar-refractivity contribution in [1.82, 2.24) is 4.90 Å². The fourth-order valence-electron chi connectivity index (χ4n) is 4.26. The van der Waals surface area contributed by atoms with Crippen LogP contribution in [0.2, 0.25) is 0 Å². The number of hydrogen-bond donors (Lipinski definition) is 1. The molecule has 2 aliphatic rings. The Morgan fingerprint density at radius 3 is 2.44 bits per heavy atom. The Bertz CT molecular complexity index is 878. The number of carbonyl (C=O) groups excluding carboxylic acids is 2. The zero-order chi connectivity index (χ0) is 19.0. The molecule has 2 aromatic rings. The number of para-hydroxylation sites is 2. The maximum Gasteiger partial charge on any atom is 0.260 e. The van der Waals surface area contributed by atoms with Crippen LogP contribution in [0, 0.1) is 13.8 Å². The van der Waals surface area contributed by atoms with Gasteiger partial charge in [0.25, 0.3) is 5.91 Å². The zero-order valence-corrected chi connectivity index (χ0v) is 15.7. The van der Waals surface area contributed by atoms with Crippen LogP contribution in [0.15, 0.2) is 42.5 Å². The van der Waals surface area contributed by atoms with Crippen molar-refractivity contribution in [2.45, 2.75) is 32.1 Å². The number of nitrogens with one attached hydrogen (secondary N) is 1. The highest BCUT2D eigenvalue weighted by atomic mass is 16.5. The Morgan fingerprint density at radius 1 is 1.07 bits per heavy atom. The predicted octanol–water partition coefficient (Wildman–Crippen LogP) is 3.19. The van der Waals surface area contributed by atoms with E-state index < -0.39 is 5.41 Å². The lowest BCUT2D eigenvalue weighted by Crippen LogP contribution is -2.49. The van der Waals surface area contributed by atoms with E-state index >= 15 is 0 Å². The highest BCUT2D eigenvalue weighted by molar-refractivity contribution is 6.06. The van der Waals surface area contributed by atoms with E-state index in [-0.39, 0.29) is 18.4 Å². The minimum absolute atomic E-state index is 0.0285. The first-order chi connectivity index (χ1) is 13.0. The van der Waals surface area contributed by atoms with Crippen molar-refractivity contribution in [3.63, 3.8) is 0 Å². The summed E-state index contributed by atoms with van der Waals surface area (Å²) in [6.07, 6.45) is 1.29. The van der Waals surface area contributed by atoms with E-state index in [9.17, 15) is 9.59 Å². The van der Waals surface area contributed by atoms with E-state index in [0.717, 1.165) is 28.1 Å². The number of rotatable bonds is 3. The summed E-state index contributed by atoms with van der Waals surface area (Å²) in [5, 5.41) is 2.99. The number of benzene rings is 2. The van der Waals surface area contributed by atoms with E-state index in [2.05, 4.69) is 5.32 Å². The molecule has 0 atom stereocenters. The average Bonchev–Trinajstić information content (AvgIpc) is 2.93. The van der Waals surface area contributed by atoms with Gasteiger partial charge in [0.05, 0.1) is 5.41 Å². The summed E-state index contributed by atoms with van der Waals surface area (Å²) in [7, 11) is 0. The van der Waals surface area contributed by atoms with Crippen LogP contribution < -0.4 is 10.1 Å². The van der Waals surface area contributed by atoms with Gasteiger partial charge in [-0.2, -0.15) is 0 Å². The lowest BCUT2D eigenvalue weighted by atomic mass is 9.73. The molecule has 2 aliphatic heterocycles. The third-order valence-electron chi connectivity index (χ3n) is 5.84. The molecule has 5 nitrogen and oxygen atoms in total. The van der Waals surface area contributed by atoms with E-state index in [1.165, 1.54) is 0 Å². The van der Waals surface area contributed by atoms with Crippen LogP contribution in [0.25, 0.3) is 0 Å². The topological polar surface area (TPSA) is 58.6 Å². The van der Waals surface area contributed by atoms with Crippen molar-refractivity contribution in [1.29, 1.82) is 0 Å². The number of aryl methyl sites for hydroxylation is 2. The molecule has 0 aromatic heterocycles. The average molecular weight is 364 g/mol. The number of piperidine rings is 1. The molecule has 0 bridgehead atoms. The molecule has 1 spiro atoms. The van der Waals surface area contributed by atoms with Crippen molar-refractivity contribution in [2.24, 2.45) is 0 Å².